The zero-order chi connectivity index (χ0) is 11.4. The Balaban J connectivity index is 2.97. The van der Waals surface area contributed by atoms with Crippen LogP contribution in [0.1, 0.15) is 17.3 Å². The molecule has 0 aliphatic carbocycles. The van der Waals surface area contributed by atoms with E-state index in [-0.39, 0.29) is 11.7 Å². The summed E-state index contributed by atoms with van der Waals surface area (Å²) in [5.41, 5.74) is 6.10. The Labute approximate surface area is 97.7 Å². The van der Waals surface area contributed by atoms with Gasteiger partial charge in [0.25, 0.3) is 0 Å². The standard InChI is InChI=1S/C11H14BrNO2/c1-7(6-13)11(14)8-3-4-10(15-2)9(12)5-8/h3-5,7H,6,13H2,1-2H3. The SMILES string of the molecule is COc1ccc(C(=O)C(C)CN)cc1Br. The number of ether oxygens (including phenoxy) is 1. The number of ketones is 1. The van der Waals surface area contributed by atoms with Gasteiger partial charge in [-0.2, -0.15) is 0 Å². The van der Waals surface area contributed by atoms with Crippen LogP contribution in [0.15, 0.2) is 22.7 Å². The number of carbonyl (C=O) groups excluding carboxylic acids is 1. The first kappa shape index (κ1) is 12.2. The van der Waals surface area contributed by atoms with Crippen molar-refractivity contribution in [3.63, 3.8) is 0 Å². The van der Waals surface area contributed by atoms with E-state index in [2.05, 4.69) is 15.9 Å². The largest absolute Gasteiger partial charge is 0.496 e. The van der Waals surface area contributed by atoms with Gasteiger partial charge >= 0.3 is 0 Å². The van der Waals surface area contributed by atoms with E-state index >= 15 is 0 Å². The van der Waals surface area contributed by atoms with Crippen LogP contribution in [0.5, 0.6) is 5.75 Å². The van der Waals surface area contributed by atoms with E-state index in [9.17, 15) is 4.79 Å². The lowest BCUT2D eigenvalue weighted by Gasteiger charge is -2.09. The van der Waals surface area contributed by atoms with Gasteiger partial charge in [-0.1, -0.05) is 6.92 Å². The number of benzene rings is 1. The average molecular weight is 272 g/mol. The molecule has 2 N–H and O–H groups in total. The molecule has 0 aliphatic rings. The minimum Gasteiger partial charge on any atom is -0.496 e. The van der Waals surface area contributed by atoms with E-state index in [0.717, 1.165) is 4.47 Å². The first-order valence-electron chi connectivity index (χ1n) is 4.68. The molecular formula is C11H14BrNO2. The molecule has 1 unspecified atom stereocenters. The molecule has 0 saturated carbocycles. The minimum atomic E-state index is -0.148. The molecule has 0 heterocycles. The fourth-order valence-corrected chi connectivity index (χ4v) is 1.75. The highest BCUT2D eigenvalue weighted by Gasteiger charge is 2.14. The fourth-order valence-electron chi connectivity index (χ4n) is 1.21. The number of nitrogens with two attached hydrogens (primary N) is 1. The molecule has 0 fully saturated rings. The van der Waals surface area contributed by atoms with E-state index in [4.69, 9.17) is 10.5 Å². The van der Waals surface area contributed by atoms with Gasteiger partial charge in [-0.05, 0) is 34.1 Å². The van der Waals surface area contributed by atoms with Crippen LogP contribution >= 0.6 is 15.9 Å². The van der Waals surface area contributed by atoms with Crippen molar-refractivity contribution in [1.82, 2.24) is 0 Å². The number of Topliss-reactive ketones (excluding diaryl/α,β-unsaturated/α-hetero) is 1. The van der Waals surface area contributed by atoms with Crippen molar-refractivity contribution in [2.24, 2.45) is 11.7 Å². The Morgan fingerprint density at radius 1 is 1.60 bits per heavy atom. The predicted molar refractivity (Wildman–Crippen MR) is 63.2 cm³/mol. The zero-order valence-corrected chi connectivity index (χ0v) is 10.4. The normalized spacial score (nSPS) is 12.3. The smallest absolute Gasteiger partial charge is 0.166 e. The molecule has 0 aliphatic heterocycles. The molecule has 1 aromatic carbocycles. The fraction of sp³-hybridized carbons (Fsp3) is 0.364. The maximum absolute atomic E-state index is 11.8. The van der Waals surface area contributed by atoms with Crippen molar-refractivity contribution in [2.75, 3.05) is 13.7 Å². The number of hydrogen-bond acceptors (Lipinski definition) is 3. The van der Waals surface area contributed by atoms with Crippen LogP contribution in [0.4, 0.5) is 0 Å². The highest BCUT2D eigenvalue weighted by atomic mass is 79.9. The van der Waals surface area contributed by atoms with E-state index in [1.165, 1.54) is 0 Å². The lowest BCUT2D eigenvalue weighted by Crippen LogP contribution is -2.20. The highest BCUT2D eigenvalue weighted by Crippen LogP contribution is 2.26. The summed E-state index contributed by atoms with van der Waals surface area (Å²) in [5, 5.41) is 0. The Morgan fingerprint density at radius 2 is 2.27 bits per heavy atom. The van der Waals surface area contributed by atoms with Gasteiger partial charge in [0.05, 0.1) is 11.6 Å². The molecule has 82 valence electrons. The predicted octanol–water partition coefficient (Wildman–Crippen LogP) is 2.24. The second-order valence-corrected chi connectivity index (χ2v) is 4.20. The lowest BCUT2D eigenvalue weighted by molar-refractivity contribution is 0.0934. The van der Waals surface area contributed by atoms with Crippen LogP contribution in [0.2, 0.25) is 0 Å². The Hall–Kier alpha value is -0.870. The van der Waals surface area contributed by atoms with E-state index < -0.39 is 0 Å². The molecule has 0 amide bonds. The number of methoxy groups -OCH3 is 1. The second kappa shape index (κ2) is 5.28. The monoisotopic (exact) mass is 271 g/mol. The third-order valence-electron chi connectivity index (χ3n) is 2.24. The third kappa shape index (κ3) is 2.79. The summed E-state index contributed by atoms with van der Waals surface area (Å²) in [6.45, 7) is 2.18. The van der Waals surface area contributed by atoms with Gasteiger partial charge in [0.2, 0.25) is 0 Å². The average Bonchev–Trinajstić information content (AvgIpc) is 2.26. The van der Waals surface area contributed by atoms with Crippen molar-refractivity contribution in [3.8, 4) is 5.75 Å². The molecule has 0 aromatic heterocycles. The number of rotatable bonds is 4. The Kier molecular flexibility index (Phi) is 4.29. The third-order valence-corrected chi connectivity index (χ3v) is 2.86. The molecule has 15 heavy (non-hydrogen) atoms. The molecule has 1 atom stereocenters. The van der Waals surface area contributed by atoms with Crippen LogP contribution in [0.25, 0.3) is 0 Å². The molecule has 1 aromatic rings. The molecule has 4 heteroatoms. The van der Waals surface area contributed by atoms with Gasteiger partial charge in [0, 0.05) is 18.0 Å². The van der Waals surface area contributed by atoms with Gasteiger partial charge in [-0.15, -0.1) is 0 Å². The number of carbonyl (C=O) groups is 1. The molecular weight excluding hydrogens is 258 g/mol. The molecule has 0 saturated heterocycles. The van der Waals surface area contributed by atoms with Crippen LogP contribution in [-0.2, 0) is 0 Å². The maximum Gasteiger partial charge on any atom is 0.166 e. The zero-order valence-electron chi connectivity index (χ0n) is 8.79. The Bertz CT molecular complexity index is 366. The summed E-state index contributed by atoms with van der Waals surface area (Å²) < 4.78 is 5.86. The topological polar surface area (TPSA) is 52.3 Å². The summed E-state index contributed by atoms with van der Waals surface area (Å²) in [6.07, 6.45) is 0. The van der Waals surface area contributed by atoms with Crippen LogP contribution in [0.3, 0.4) is 0 Å². The first-order chi connectivity index (χ1) is 7.10. The van der Waals surface area contributed by atoms with Crippen molar-refractivity contribution in [1.29, 1.82) is 0 Å². The molecule has 1 rings (SSSR count). The first-order valence-corrected chi connectivity index (χ1v) is 5.47. The second-order valence-electron chi connectivity index (χ2n) is 3.35. The quantitative estimate of drug-likeness (QED) is 0.855. The van der Waals surface area contributed by atoms with E-state index in [1.54, 1.807) is 25.3 Å². The summed E-state index contributed by atoms with van der Waals surface area (Å²) in [6, 6.07) is 5.27. The van der Waals surface area contributed by atoms with E-state index in [0.29, 0.717) is 17.9 Å². The van der Waals surface area contributed by atoms with Gasteiger partial charge in [0.1, 0.15) is 5.75 Å². The van der Waals surface area contributed by atoms with Crippen LogP contribution < -0.4 is 10.5 Å². The number of halogens is 1. The maximum atomic E-state index is 11.8. The van der Waals surface area contributed by atoms with Crippen molar-refractivity contribution >= 4 is 21.7 Å². The molecule has 3 nitrogen and oxygen atoms in total. The van der Waals surface area contributed by atoms with Crippen molar-refractivity contribution < 1.29 is 9.53 Å². The van der Waals surface area contributed by atoms with E-state index in [1.807, 2.05) is 6.92 Å². The summed E-state index contributed by atoms with van der Waals surface area (Å²) in [4.78, 5) is 11.8. The van der Waals surface area contributed by atoms with Gasteiger partial charge in [-0.25, -0.2) is 0 Å². The van der Waals surface area contributed by atoms with Crippen molar-refractivity contribution in [3.05, 3.63) is 28.2 Å². The molecule has 0 radical (unpaired) electrons. The summed E-state index contributed by atoms with van der Waals surface area (Å²) >= 11 is 3.34. The lowest BCUT2D eigenvalue weighted by atomic mass is 10.00. The number of hydrogen-bond donors (Lipinski definition) is 1. The molecule has 0 bridgehead atoms. The molecule has 0 spiro atoms. The van der Waals surface area contributed by atoms with Crippen LogP contribution in [-0.4, -0.2) is 19.4 Å². The highest BCUT2D eigenvalue weighted by molar-refractivity contribution is 9.10. The van der Waals surface area contributed by atoms with Gasteiger partial charge < -0.3 is 10.5 Å². The van der Waals surface area contributed by atoms with Gasteiger partial charge in [-0.3, -0.25) is 4.79 Å². The van der Waals surface area contributed by atoms with Gasteiger partial charge in [0.15, 0.2) is 5.78 Å². The summed E-state index contributed by atoms with van der Waals surface area (Å²) in [5.74, 6) is 0.623. The minimum absolute atomic E-state index is 0.0563. The van der Waals surface area contributed by atoms with Crippen molar-refractivity contribution in [2.45, 2.75) is 6.92 Å². The van der Waals surface area contributed by atoms with Crippen LogP contribution in [0, 0.1) is 5.92 Å². The Morgan fingerprint density at radius 3 is 2.73 bits per heavy atom. The summed E-state index contributed by atoms with van der Waals surface area (Å²) in [7, 11) is 1.59.